The Kier molecular flexibility index (Phi) is 4.26. The Morgan fingerprint density at radius 1 is 1.28 bits per heavy atom. The molecule has 0 aliphatic carbocycles. The molecule has 0 bridgehead atoms. The summed E-state index contributed by atoms with van der Waals surface area (Å²) in [5.74, 6) is 0.348. The molecular weight excluding hydrogens is 332 g/mol. The van der Waals surface area contributed by atoms with Crippen LogP contribution in [-0.4, -0.2) is 44.6 Å². The molecule has 3 aromatic rings. The Hall–Kier alpha value is -3.17. The predicted molar refractivity (Wildman–Crippen MR) is 87.0 cm³/mol. The van der Waals surface area contributed by atoms with Crippen molar-refractivity contribution in [3.05, 3.63) is 41.6 Å². The minimum Gasteiger partial charge on any atom is -0.363 e. The topological polar surface area (TPSA) is 88.3 Å². The van der Waals surface area contributed by atoms with Gasteiger partial charge in [0.25, 0.3) is 12.3 Å². The molecule has 0 aliphatic rings. The van der Waals surface area contributed by atoms with Crippen molar-refractivity contribution in [3.63, 3.8) is 0 Å². The van der Waals surface area contributed by atoms with Crippen LogP contribution in [0, 0.1) is 6.92 Å². The molecule has 8 nitrogen and oxygen atoms in total. The molecule has 1 amide bonds. The fraction of sp³-hybridized carbons (Fsp3) is 0.267. The molecule has 1 N–H and O–H groups in total. The number of nitrogens with zero attached hydrogens (tertiary/aromatic N) is 6. The van der Waals surface area contributed by atoms with Gasteiger partial charge in [-0.2, -0.15) is 5.10 Å². The van der Waals surface area contributed by atoms with Crippen LogP contribution < -0.4 is 10.2 Å². The Morgan fingerprint density at radius 3 is 2.72 bits per heavy atom. The lowest BCUT2D eigenvalue weighted by molar-refractivity contribution is 0.102. The molecule has 0 fully saturated rings. The molecule has 0 saturated heterocycles. The fourth-order valence-corrected chi connectivity index (χ4v) is 2.27. The van der Waals surface area contributed by atoms with E-state index in [0.717, 1.165) is 4.52 Å². The number of nitrogens with one attached hydrogen (secondary N) is 1. The summed E-state index contributed by atoms with van der Waals surface area (Å²) in [5.41, 5.74) is 0.193. The van der Waals surface area contributed by atoms with E-state index in [1.807, 2.05) is 0 Å². The van der Waals surface area contributed by atoms with E-state index in [1.165, 1.54) is 18.6 Å². The second-order valence-corrected chi connectivity index (χ2v) is 5.53. The van der Waals surface area contributed by atoms with E-state index in [0.29, 0.717) is 11.5 Å². The zero-order valence-electron chi connectivity index (χ0n) is 13.7. The van der Waals surface area contributed by atoms with Gasteiger partial charge in [-0.05, 0) is 13.0 Å². The highest BCUT2D eigenvalue weighted by molar-refractivity contribution is 6.07. The van der Waals surface area contributed by atoms with Crippen molar-refractivity contribution in [2.75, 3.05) is 24.3 Å². The van der Waals surface area contributed by atoms with E-state index in [2.05, 4.69) is 25.4 Å². The maximum atomic E-state index is 13.1. The van der Waals surface area contributed by atoms with E-state index >= 15 is 0 Å². The normalized spacial score (nSPS) is 11.1. The molecule has 3 rings (SSSR count). The lowest BCUT2D eigenvalue weighted by Gasteiger charge is -2.11. The maximum absolute atomic E-state index is 13.1. The first kappa shape index (κ1) is 16.7. The van der Waals surface area contributed by atoms with Crippen molar-refractivity contribution in [3.8, 4) is 0 Å². The molecule has 25 heavy (non-hydrogen) atoms. The number of anilines is 2. The summed E-state index contributed by atoms with van der Waals surface area (Å²) in [5, 5.41) is 6.46. The molecule has 3 aromatic heterocycles. The van der Waals surface area contributed by atoms with Gasteiger partial charge in [-0.15, -0.1) is 0 Å². The zero-order valence-corrected chi connectivity index (χ0v) is 13.7. The van der Waals surface area contributed by atoms with Crippen molar-refractivity contribution in [2.24, 2.45) is 0 Å². The van der Waals surface area contributed by atoms with Crippen LogP contribution in [0.1, 0.15) is 28.2 Å². The largest absolute Gasteiger partial charge is 0.363 e. The number of carbonyl (C=O) groups excluding carboxylic acids is 1. The SMILES string of the molecule is Cc1cc(C(F)F)n2ncc(C(=O)Nc3cc(N(C)C)ncn3)c2n1. The first-order valence-electron chi connectivity index (χ1n) is 7.31. The Balaban J connectivity index is 1.97. The summed E-state index contributed by atoms with van der Waals surface area (Å²) < 4.78 is 27.3. The number of aromatic nitrogens is 5. The van der Waals surface area contributed by atoms with Gasteiger partial charge in [0.2, 0.25) is 0 Å². The van der Waals surface area contributed by atoms with Crippen molar-refractivity contribution in [2.45, 2.75) is 13.3 Å². The molecular formula is C15H15F2N7O. The third-order valence-corrected chi connectivity index (χ3v) is 3.45. The Morgan fingerprint density at radius 2 is 2.04 bits per heavy atom. The molecule has 0 atom stereocenters. The second kappa shape index (κ2) is 6.38. The van der Waals surface area contributed by atoms with Crippen LogP contribution in [0.4, 0.5) is 20.4 Å². The lowest BCUT2D eigenvalue weighted by Crippen LogP contribution is -2.16. The average molecular weight is 347 g/mol. The standard InChI is InChI=1S/C15H15F2N7O/c1-8-4-10(13(16)17)24-14(21-8)9(6-20-24)15(25)22-11-5-12(23(2)3)19-7-18-11/h4-7,13H,1-3H3,(H,18,19,22,25). The molecule has 0 aliphatic heterocycles. The van der Waals surface area contributed by atoms with E-state index < -0.39 is 12.3 Å². The maximum Gasteiger partial charge on any atom is 0.280 e. The summed E-state index contributed by atoms with van der Waals surface area (Å²) in [4.78, 5) is 26.4. The van der Waals surface area contributed by atoms with Gasteiger partial charge in [0, 0.05) is 25.9 Å². The number of halogens is 2. The third kappa shape index (κ3) is 3.23. The van der Waals surface area contributed by atoms with Gasteiger partial charge in [0.05, 0.1) is 6.20 Å². The highest BCUT2D eigenvalue weighted by Gasteiger charge is 2.20. The molecule has 3 heterocycles. The number of amides is 1. The quantitative estimate of drug-likeness (QED) is 0.777. The zero-order chi connectivity index (χ0) is 18.1. The number of alkyl halides is 2. The molecule has 0 spiro atoms. The van der Waals surface area contributed by atoms with Crippen LogP contribution in [0.3, 0.4) is 0 Å². The van der Waals surface area contributed by atoms with Gasteiger partial charge in [-0.25, -0.2) is 28.2 Å². The van der Waals surface area contributed by atoms with Crippen molar-refractivity contribution in [1.82, 2.24) is 24.6 Å². The van der Waals surface area contributed by atoms with E-state index in [4.69, 9.17) is 0 Å². The predicted octanol–water partition coefficient (Wildman–Crippen LogP) is 2.08. The smallest absolute Gasteiger partial charge is 0.280 e. The molecule has 130 valence electrons. The minimum absolute atomic E-state index is 0.0645. The van der Waals surface area contributed by atoms with Gasteiger partial charge < -0.3 is 10.2 Å². The highest BCUT2D eigenvalue weighted by Crippen LogP contribution is 2.22. The van der Waals surface area contributed by atoms with Gasteiger partial charge in [0.1, 0.15) is 29.2 Å². The molecule has 0 unspecified atom stereocenters. The van der Waals surface area contributed by atoms with Gasteiger partial charge in [-0.1, -0.05) is 0 Å². The number of carbonyl (C=O) groups is 1. The summed E-state index contributed by atoms with van der Waals surface area (Å²) in [6.07, 6.45) is -0.209. The first-order valence-corrected chi connectivity index (χ1v) is 7.31. The number of hydrogen-bond acceptors (Lipinski definition) is 6. The van der Waals surface area contributed by atoms with Crippen LogP contribution in [0.15, 0.2) is 24.7 Å². The average Bonchev–Trinajstić information content (AvgIpc) is 2.97. The summed E-state index contributed by atoms with van der Waals surface area (Å²) in [6, 6.07) is 2.83. The number of rotatable bonds is 4. The first-order chi connectivity index (χ1) is 11.9. The van der Waals surface area contributed by atoms with Gasteiger partial charge in [-0.3, -0.25) is 4.79 Å². The number of aryl methyl sites for hydroxylation is 1. The van der Waals surface area contributed by atoms with Crippen LogP contribution in [0.2, 0.25) is 0 Å². The highest BCUT2D eigenvalue weighted by atomic mass is 19.3. The molecule has 0 aromatic carbocycles. The number of fused-ring (bicyclic) bond motifs is 1. The second-order valence-electron chi connectivity index (χ2n) is 5.53. The summed E-state index contributed by atoms with van der Waals surface area (Å²) in [6.45, 7) is 1.58. The molecule has 0 saturated carbocycles. The van der Waals surface area contributed by atoms with Crippen LogP contribution in [0.5, 0.6) is 0 Å². The summed E-state index contributed by atoms with van der Waals surface area (Å²) in [7, 11) is 3.61. The van der Waals surface area contributed by atoms with Crippen molar-refractivity contribution < 1.29 is 13.6 Å². The minimum atomic E-state index is -2.73. The fourth-order valence-electron chi connectivity index (χ4n) is 2.27. The third-order valence-electron chi connectivity index (χ3n) is 3.45. The van der Waals surface area contributed by atoms with Crippen molar-refractivity contribution in [1.29, 1.82) is 0 Å². The van der Waals surface area contributed by atoms with Crippen LogP contribution in [-0.2, 0) is 0 Å². The molecule has 0 radical (unpaired) electrons. The van der Waals surface area contributed by atoms with Crippen LogP contribution >= 0.6 is 0 Å². The van der Waals surface area contributed by atoms with E-state index in [-0.39, 0.29) is 22.7 Å². The van der Waals surface area contributed by atoms with Crippen LogP contribution in [0.25, 0.3) is 5.65 Å². The molecule has 10 heteroatoms. The monoisotopic (exact) mass is 347 g/mol. The van der Waals surface area contributed by atoms with Crippen molar-refractivity contribution >= 4 is 23.2 Å². The van der Waals surface area contributed by atoms with Gasteiger partial charge >= 0.3 is 0 Å². The number of hydrogen-bond donors (Lipinski definition) is 1. The Labute approximate surface area is 141 Å². The Bertz CT molecular complexity index is 939. The summed E-state index contributed by atoms with van der Waals surface area (Å²) >= 11 is 0. The van der Waals surface area contributed by atoms with Gasteiger partial charge in [0.15, 0.2) is 5.65 Å². The van der Waals surface area contributed by atoms with E-state index in [9.17, 15) is 13.6 Å². The van der Waals surface area contributed by atoms with E-state index in [1.54, 1.807) is 32.0 Å². The lowest BCUT2D eigenvalue weighted by atomic mass is 10.3.